The van der Waals surface area contributed by atoms with Gasteiger partial charge in [0.1, 0.15) is 5.75 Å². The molecule has 20 heavy (non-hydrogen) atoms. The number of carbonyl (C=O) groups is 1. The van der Waals surface area contributed by atoms with Crippen LogP contribution in [0.3, 0.4) is 0 Å². The summed E-state index contributed by atoms with van der Waals surface area (Å²) in [5, 5.41) is 9.67. The summed E-state index contributed by atoms with van der Waals surface area (Å²) in [6.45, 7) is 0.742. The van der Waals surface area contributed by atoms with E-state index in [1.807, 2.05) is 18.2 Å². The quantitative estimate of drug-likeness (QED) is 0.862. The summed E-state index contributed by atoms with van der Waals surface area (Å²) in [7, 11) is 0. The normalized spacial score (nSPS) is 20.2. The first-order chi connectivity index (χ1) is 9.57. The Morgan fingerprint density at radius 1 is 1.35 bits per heavy atom. The van der Waals surface area contributed by atoms with Crippen molar-refractivity contribution in [1.29, 1.82) is 0 Å². The van der Waals surface area contributed by atoms with Crippen LogP contribution in [-0.2, 0) is 10.2 Å². The van der Waals surface area contributed by atoms with E-state index < -0.39 is 5.97 Å². The molecule has 1 N–H and O–H groups in total. The number of rotatable bonds is 6. The fourth-order valence-corrected chi connectivity index (χ4v) is 3.06. The minimum Gasteiger partial charge on any atom is -0.493 e. The van der Waals surface area contributed by atoms with Crippen LogP contribution < -0.4 is 4.74 Å². The number of benzene rings is 1. The van der Waals surface area contributed by atoms with E-state index in [0.29, 0.717) is 10.9 Å². The van der Waals surface area contributed by atoms with E-state index >= 15 is 0 Å². The second kappa shape index (κ2) is 5.28. The Labute approximate surface area is 123 Å². The van der Waals surface area contributed by atoms with Crippen molar-refractivity contribution in [2.75, 3.05) is 6.61 Å². The average Bonchev–Trinajstić information content (AvgIpc) is 3.06. The van der Waals surface area contributed by atoms with Gasteiger partial charge in [-0.3, -0.25) is 4.79 Å². The number of aliphatic carboxylic acids is 1. The van der Waals surface area contributed by atoms with Gasteiger partial charge in [0.15, 0.2) is 0 Å². The molecule has 0 atom stereocenters. The first-order valence-electron chi connectivity index (χ1n) is 7.23. The molecular formula is C16H19ClO3. The summed E-state index contributed by atoms with van der Waals surface area (Å²) >= 11 is 6.16. The van der Waals surface area contributed by atoms with Gasteiger partial charge >= 0.3 is 5.97 Å². The smallest absolute Gasteiger partial charge is 0.304 e. The molecule has 2 fully saturated rings. The second-order valence-electron chi connectivity index (χ2n) is 6.13. The summed E-state index contributed by atoms with van der Waals surface area (Å²) in [6.07, 6.45) is 5.81. The van der Waals surface area contributed by atoms with Crippen molar-refractivity contribution in [2.24, 2.45) is 5.92 Å². The van der Waals surface area contributed by atoms with E-state index in [4.69, 9.17) is 21.4 Å². The lowest BCUT2D eigenvalue weighted by atomic mass is 9.86. The van der Waals surface area contributed by atoms with Crippen LogP contribution in [0.15, 0.2) is 18.2 Å². The molecule has 2 aliphatic rings. The molecule has 2 saturated carbocycles. The predicted molar refractivity (Wildman–Crippen MR) is 77.5 cm³/mol. The molecule has 4 heteroatoms. The van der Waals surface area contributed by atoms with Gasteiger partial charge in [0.05, 0.1) is 13.0 Å². The van der Waals surface area contributed by atoms with E-state index in [2.05, 4.69) is 0 Å². The zero-order valence-electron chi connectivity index (χ0n) is 11.4. The minimum atomic E-state index is -0.751. The highest BCUT2D eigenvalue weighted by molar-refractivity contribution is 6.30. The Bertz CT molecular complexity index is 518. The lowest BCUT2D eigenvalue weighted by Crippen LogP contribution is -2.19. The third-order valence-electron chi connectivity index (χ3n) is 4.54. The maximum absolute atomic E-state index is 11.0. The number of ether oxygens (including phenoxy) is 1. The molecular weight excluding hydrogens is 276 g/mol. The molecule has 1 aromatic rings. The lowest BCUT2D eigenvalue weighted by molar-refractivity contribution is -0.137. The van der Waals surface area contributed by atoms with Crippen LogP contribution in [0.25, 0.3) is 0 Å². The fraction of sp³-hybridized carbons (Fsp3) is 0.562. The van der Waals surface area contributed by atoms with Gasteiger partial charge in [-0.05, 0) is 55.4 Å². The number of halogens is 1. The summed E-state index contributed by atoms with van der Waals surface area (Å²) in [4.78, 5) is 11.0. The van der Waals surface area contributed by atoms with E-state index in [0.717, 1.165) is 30.8 Å². The number of carboxylic acids is 1. The molecule has 0 unspecified atom stereocenters. The number of carboxylic acid groups (broad SMARTS) is 1. The van der Waals surface area contributed by atoms with Gasteiger partial charge in [0, 0.05) is 10.4 Å². The Hall–Kier alpha value is -1.22. The third-order valence-corrected chi connectivity index (χ3v) is 4.76. The van der Waals surface area contributed by atoms with Gasteiger partial charge in [0.2, 0.25) is 0 Å². The molecule has 3 nitrogen and oxygen atoms in total. The molecule has 2 aliphatic carbocycles. The van der Waals surface area contributed by atoms with Gasteiger partial charge in [-0.2, -0.15) is 0 Å². The van der Waals surface area contributed by atoms with Gasteiger partial charge in [0.25, 0.3) is 0 Å². The first kappa shape index (κ1) is 13.7. The van der Waals surface area contributed by atoms with Gasteiger partial charge in [-0.25, -0.2) is 0 Å². The van der Waals surface area contributed by atoms with Crippen molar-refractivity contribution in [1.82, 2.24) is 0 Å². The van der Waals surface area contributed by atoms with Crippen molar-refractivity contribution >= 4 is 17.6 Å². The van der Waals surface area contributed by atoms with E-state index in [1.165, 1.54) is 19.3 Å². The molecule has 0 amide bonds. The van der Waals surface area contributed by atoms with Crippen LogP contribution in [0.5, 0.6) is 5.75 Å². The van der Waals surface area contributed by atoms with Crippen LogP contribution in [0.2, 0.25) is 5.02 Å². The van der Waals surface area contributed by atoms with Gasteiger partial charge < -0.3 is 9.84 Å². The Morgan fingerprint density at radius 2 is 2.10 bits per heavy atom. The molecule has 3 rings (SSSR count). The molecule has 0 radical (unpaired) electrons. The van der Waals surface area contributed by atoms with Crippen molar-refractivity contribution in [2.45, 2.75) is 43.9 Å². The SMILES string of the molecule is O=C(O)CC1(c2cc(Cl)cc(OCC3CCC3)c2)CC1. The zero-order chi connectivity index (χ0) is 14.2. The maximum atomic E-state index is 11.0. The zero-order valence-corrected chi connectivity index (χ0v) is 12.2. The van der Waals surface area contributed by atoms with Crippen LogP contribution >= 0.6 is 11.6 Å². The summed E-state index contributed by atoms with van der Waals surface area (Å²) in [5.41, 5.74) is 0.793. The highest BCUT2D eigenvalue weighted by Crippen LogP contribution is 2.52. The highest BCUT2D eigenvalue weighted by Gasteiger charge is 2.46. The molecule has 0 aromatic heterocycles. The monoisotopic (exact) mass is 294 g/mol. The minimum absolute atomic E-state index is 0.176. The largest absolute Gasteiger partial charge is 0.493 e. The lowest BCUT2D eigenvalue weighted by Gasteiger charge is -2.25. The Kier molecular flexibility index (Phi) is 3.63. The molecule has 1 aromatic carbocycles. The van der Waals surface area contributed by atoms with Crippen LogP contribution in [0.4, 0.5) is 0 Å². The highest BCUT2D eigenvalue weighted by atomic mass is 35.5. The fourth-order valence-electron chi connectivity index (χ4n) is 2.83. The first-order valence-corrected chi connectivity index (χ1v) is 7.61. The predicted octanol–water partition coefficient (Wildman–Crippen LogP) is 4.03. The van der Waals surface area contributed by atoms with Crippen molar-refractivity contribution < 1.29 is 14.6 Å². The number of hydrogen-bond donors (Lipinski definition) is 1. The molecule has 0 bridgehead atoms. The maximum Gasteiger partial charge on any atom is 0.304 e. The van der Waals surface area contributed by atoms with Crippen molar-refractivity contribution in [3.8, 4) is 5.75 Å². The van der Waals surface area contributed by atoms with Crippen LogP contribution in [0, 0.1) is 5.92 Å². The average molecular weight is 295 g/mol. The molecule has 108 valence electrons. The molecule has 0 spiro atoms. The van der Waals surface area contributed by atoms with Crippen molar-refractivity contribution in [3.63, 3.8) is 0 Å². The van der Waals surface area contributed by atoms with Gasteiger partial charge in [-0.15, -0.1) is 0 Å². The van der Waals surface area contributed by atoms with Crippen LogP contribution in [-0.4, -0.2) is 17.7 Å². The number of hydrogen-bond acceptors (Lipinski definition) is 2. The third kappa shape index (κ3) is 2.93. The molecule has 0 aliphatic heterocycles. The standard InChI is InChI=1S/C16H19ClO3/c17-13-6-12(16(4-5-16)9-15(18)19)7-14(8-13)20-10-11-2-1-3-11/h6-8,11H,1-5,9-10H2,(H,18,19). The van der Waals surface area contributed by atoms with E-state index in [1.54, 1.807) is 0 Å². The van der Waals surface area contributed by atoms with Crippen molar-refractivity contribution in [3.05, 3.63) is 28.8 Å². The summed E-state index contributed by atoms with van der Waals surface area (Å²) < 4.78 is 5.83. The van der Waals surface area contributed by atoms with Crippen LogP contribution in [0.1, 0.15) is 44.1 Å². The summed E-state index contributed by atoms with van der Waals surface area (Å²) in [6, 6.07) is 5.68. The van der Waals surface area contributed by atoms with E-state index in [9.17, 15) is 4.79 Å². The molecule has 0 saturated heterocycles. The van der Waals surface area contributed by atoms with E-state index in [-0.39, 0.29) is 11.8 Å². The Balaban J connectivity index is 1.74. The topological polar surface area (TPSA) is 46.5 Å². The Morgan fingerprint density at radius 3 is 2.65 bits per heavy atom. The van der Waals surface area contributed by atoms with Gasteiger partial charge in [-0.1, -0.05) is 18.0 Å². The summed E-state index contributed by atoms with van der Waals surface area (Å²) in [5.74, 6) is 0.696. The second-order valence-corrected chi connectivity index (χ2v) is 6.57. The molecule has 0 heterocycles.